The first-order chi connectivity index (χ1) is 15.0. The van der Waals surface area contributed by atoms with Crippen LogP contribution in [0.4, 0.5) is 4.39 Å². The summed E-state index contributed by atoms with van der Waals surface area (Å²) in [6.07, 6.45) is 2.22. The van der Waals surface area contributed by atoms with Gasteiger partial charge in [0.2, 0.25) is 10.0 Å². The Kier molecular flexibility index (Phi) is 5.75. The second kappa shape index (κ2) is 8.12. The highest BCUT2D eigenvalue weighted by Crippen LogP contribution is 2.33. The van der Waals surface area contributed by atoms with Crippen molar-refractivity contribution in [3.05, 3.63) is 57.9 Å². The summed E-state index contributed by atoms with van der Waals surface area (Å²) in [7, 11) is -2.13. The minimum atomic E-state index is -3.81. The number of H-pyrrole nitrogens is 1. The van der Waals surface area contributed by atoms with Crippen molar-refractivity contribution >= 4 is 21.2 Å². The van der Waals surface area contributed by atoms with Gasteiger partial charge in [0.05, 0.1) is 10.4 Å². The summed E-state index contributed by atoms with van der Waals surface area (Å²) >= 11 is 0. The fraction of sp³-hybridized carbons (Fsp3) is 0.478. The van der Waals surface area contributed by atoms with Crippen molar-refractivity contribution in [3.63, 3.8) is 0 Å². The lowest BCUT2D eigenvalue weighted by atomic mass is 9.86. The number of aryl methyl sites for hydroxylation is 1. The third-order valence-electron chi connectivity index (χ3n) is 5.91. The molecule has 1 saturated heterocycles. The number of aromatic amines is 1. The average Bonchev–Trinajstić information content (AvgIpc) is 3.01. The first-order valence-electron chi connectivity index (χ1n) is 10.8. The van der Waals surface area contributed by atoms with E-state index in [4.69, 9.17) is 4.98 Å². The van der Waals surface area contributed by atoms with E-state index in [1.807, 2.05) is 6.07 Å². The molecule has 0 aliphatic carbocycles. The maximum atomic E-state index is 13.7. The van der Waals surface area contributed by atoms with Gasteiger partial charge in [0.25, 0.3) is 0 Å². The maximum absolute atomic E-state index is 13.7. The van der Waals surface area contributed by atoms with Crippen LogP contribution in [0.15, 0.2) is 40.0 Å². The summed E-state index contributed by atoms with van der Waals surface area (Å²) < 4.78 is 42.8. The van der Waals surface area contributed by atoms with Gasteiger partial charge in [0, 0.05) is 31.7 Å². The van der Waals surface area contributed by atoms with E-state index >= 15 is 0 Å². The molecule has 0 bridgehead atoms. The highest BCUT2D eigenvalue weighted by molar-refractivity contribution is 7.89. The van der Waals surface area contributed by atoms with Crippen LogP contribution < -0.4 is 5.69 Å². The number of benzene rings is 1. The predicted octanol–water partition coefficient (Wildman–Crippen LogP) is 3.56. The van der Waals surface area contributed by atoms with Crippen LogP contribution in [0.1, 0.15) is 50.8 Å². The van der Waals surface area contributed by atoms with Gasteiger partial charge in [0.15, 0.2) is 5.65 Å². The van der Waals surface area contributed by atoms with Crippen LogP contribution in [0, 0.1) is 11.2 Å². The first kappa shape index (κ1) is 22.7. The summed E-state index contributed by atoms with van der Waals surface area (Å²) in [5.41, 5.74) is 2.87. The van der Waals surface area contributed by atoms with E-state index in [9.17, 15) is 17.6 Å². The monoisotopic (exact) mass is 460 g/mol. The van der Waals surface area contributed by atoms with Gasteiger partial charge in [-0.05, 0) is 54.5 Å². The standard InChI is InChI=1S/C23H29FN4O3S/c1-23(2,3)13-16-11-19(25-21-20(16)26-22(29)27(21)4)15-7-6-10-28(14-15)32(30,31)18-9-5-8-17(24)12-18/h5,8-9,11-12,15H,6-7,10,13-14H2,1-4H3,(H,26,29). The van der Waals surface area contributed by atoms with E-state index in [-0.39, 0.29) is 28.5 Å². The molecule has 0 saturated carbocycles. The average molecular weight is 461 g/mol. The Bertz CT molecular complexity index is 1320. The van der Waals surface area contributed by atoms with Crippen molar-refractivity contribution in [3.8, 4) is 0 Å². The highest BCUT2D eigenvalue weighted by Gasteiger charge is 2.32. The molecule has 172 valence electrons. The van der Waals surface area contributed by atoms with Crippen molar-refractivity contribution in [2.75, 3.05) is 13.1 Å². The number of aromatic nitrogens is 3. The number of hydrogen-bond donors (Lipinski definition) is 1. The molecule has 3 heterocycles. The van der Waals surface area contributed by atoms with Gasteiger partial charge in [-0.2, -0.15) is 4.31 Å². The Labute approximate surface area is 187 Å². The molecule has 32 heavy (non-hydrogen) atoms. The fourth-order valence-electron chi connectivity index (χ4n) is 4.37. The van der Waals surface area contributed by atoms with E-state index in [1.165, 1.54) is 27.1 Å². The van der Waals surface area contributed by atoms with Gasteiger partial charge in [-0.25, -0.2) is 22.6 Å². The summed E-state index contributed by atoms with van der Waals surface area (Å²) in [4.78, 5) is 19.9. The molecule has 2 aromatic heterocycles. The van der Waals surface area contributed by atoms with Gasteiger partial charge in [0.1, 0.15) is 5.82 Å². The lowest BCUT2D eigenvalue weighted by molar-refractivity contribution is 0.312. The third kappa shape index (κ3) is 4.36. The number of hydrogen-bond acceptors (Lipinski definition) is 4. The van der Waals surface area contributed by atoms with E-state index in [0.29, 0.717) is 18.6 Å². The molecule has 0 radical (unpaired) electrons. The fourth-order valence-corrected chi connectivity index (χ4v) is 5.93. The molecule has 3 aromatic rings. The summed E-state index contributed by atoms with van der Waals surface area (Å²) in [6.45, 7) is 7.05. The number of sulfonamides is 1. The van der Waals surface area contributed by atoms with Crippen molar-refractivity contribution in [1.82, 2.24) is 18.8 Å². The molecule has 7 nitrogen and oxygen atoms in total. The Balaban J connectivity index is 1.72. The zero-order chi connectivity index (χ0) is 23.3. The zero-order valence-corrected chi connectivity index (χ0v) is 19.7. The number of imidazole rings is 1. The number of rotatable bonds is 4. The zero-order valence-electron chi connectivity index (χ0n) is 18.9. The lowest BCUT2D eigenvalue weighted by Crippen LogP contribution is -2.39. The van der Waals surface area contributed by atoms with Crippen LogP contribution in [0.5, 0.6) is 0 Å². The second-order valence-electron chi connectivity index (χ2n) is 9.79. The maximum Gasteiger partial charge on any atom is 0.327 e. The van der Waals surface area contributed by atoms with Crippen molar-refractivity contribution in [1.29, 1.82) is 0 Å². The van der Waals surface area contributed by atoms with Crippen molar-refractivity contribution < 1.29 is 12.8 Å². The number of nitrogens with zero attached hydrogens (tertiary/aromatic N) is 3. The quantitative estimate of drug-likeness (QED) is 0.645. The molecule has 1 atom stereocenters. The van der Waals surface area contributed by atoms with Crippen LogP contribution in [0.3, 0.4) is 0 Å². The number of fused-ring (bicyclic) bond motifs is 1. The Morgan fingerprint density at radius 3 is 2.69 bits per heavy atom. The van der Waals surface area contributed by atoms with Crippen LogP contribution in [0.2, 0.25) is 0 Å². The van der Waals surface area contributed by atoms with E-state index < -0.39 is 15.8 Å². The minimum absolute atomic E-state index is 0.00238. The van der Waals surface area contributed by atoms with Crippen LogP contribution in [0.25, 0.3) is 11.2 Å². The van der Waals surface area contributed by atoms with Gasteiger partial charge >= 0.3 is 5.69 Å². The molecule has 1 aliphatic heterocycles. The summed E-state index contributed by atoms with van der Waals surface area (Å²) in [6, 6.07) is 7.12. The number of piperidine rings is 1. The van der Waals surface area contributed by atoms with Gasteiger partial charge in [-0.1, -0.05) is 26.8 Å². The second-order valence-corrected chi connectivity index (χ2v) is 11.7. The molecular weight excluding hydrogens is 431 g/mol. The number of nitrogens with one attached hydrogen (secondary N) is 1. The third-order valence-corrected chi connectivity index (χ3v) is 7.77. The smallest absolute Gasteiger partial charge is 0.304 e. The Morgan fingerprint density at radius 1 is 1.25 bits per heavy atom. The van der Waals surface area contributed by atoms with Crippen LogP contribution in [-0.4, -0.2) is 40.3 Å². The summed E-state index contributed by atoms with van der Waals surface area (Å²) in [5.74, 6) is -0.688. The number of halogens is 1. The highest BCUT2D eigenvalue weighted by atomic mass is 32.2. The molecule has 1 N–H and O–H groups in total. The number of pyridine rings is 1. The summed E-state index contributed by atoms with van der Waals surface area (Å²) in [5, 5.41) is 0. The van der Waals surface area contributed by atoms with E-state index in [0.717, 1.165) is 35.7 Å². The normalized spacial score (nSPS) is 18.3. The largest absolute Gasteiger partial charge is 0.327 e. The van der Waals surface area contributed by atoms with E-state index in [1.54, 1.807) is 7.05 Å². The molecule has 9 heteroatoms. The SMILES string of the molecule is Cn1c(=O)[nH]c2c(CC(C)(C)C)cc(C3CCCN(S(=O)(=O)c4cccc(F)c4)C3)nc21. The molecule has 0 amide bonds. The molecule has 1 fully saturated rings. The molecule has 0 spiro atoms. The van der Waals surface area contributed by atoms with Crippen molar-refractivity contribution in [2.45, 2.75) is 50.8 Å². The molecule has 4 rings (SSSR count). The predicted molar refractivity (Wildman–Crippen MR) is 122 cm³/mol. The molecular formula is C23H29FN4O3S. The molecule has 1 unspecified atom stereocenters. The Hall–Kier alpha value is -2.52. The van der Waals surface area contributed by atoms with Gasteiger partial charge in [-0.15, -0.1) is 0 Å². The Morgan fingerprint density at radius 2 is 2.00 bits per heavy atom. The molecule has 1 aliphatic rings. The van der Waals surface area contributed by atoms with Crippen LogP contribution in [-0.2, 0) is 23.5 Å². The van der Waals surface area contributed by atoms with Crippen molar-refractivity contribution in [2.24, 2.45) is 12.5 Å². The topological polar surface area (TPSA) is 88.1 Å². The van der Waals surface area contributed by atoms with E-state index in [2.05, 4.69) is 25.8 Å². The molecule has 1 aromatic carbocycles. The van der Waals surface area contributed by atoms with Crippen LogP contribution >= 0.6 is 0 Å². The van der Waals surface area contributed by atoms with Gasteiger partial charge < -0.3 is 4.98 Å². The minimum Gasteiger partial charge on any atom is -0.304 e. The first-order valence-corrected chi connectivity index (χ1v) is 12.2. The lowest BCUT2D eigenvalue weighted by Gasteiger charge is -2.32. The van der Waals surface area contributed by atoms with Gasteiger partial charge in [-0.3, -0.25) is 4.57 Å².